The predicted molar refractivity (Wildman–Crippen MR) is 76.9 cm³/mol. The van der Waals surface area contributed by atoms with Crippen molar-refractivity contribution in [2.24, 2.45) is 0 Å². The van der Waals surface area contributed by atoms with Crippen molar-refractivity contribution in [1.82, 2.24) is 15.1 Å². The summed E-state index contributed by atoms with van der Waals surface area (Å²) in [5.41, 5.74) is 1.11. The third-order valence-electron chi connectivity index (χ3n) is 3.51. The van der Waals surface area contributed by atoms with Gasteiger partial charge in [0, 0.05) is 39.3 Å². The maximum atomic E-state index is 12.8. The van der Waals surface area contributed by atoms with Crippen LogP contribution in [0.15, 0.2) is 24.3 Å². The monoisotopic (exact) mass is 279 g/mol. The van der Waals surface area contributed by atoms with Crippen LogP contribution in [0.4, 0.5) is 9.18 Å². The van der Waals surface area contributed by atoms with Crippen LogP contribution in [0.1, 0.15) is 18.9 Å². The van der Waals surface area contributed by atoms with E-state index in [1.807, 2.05) is 24.0 Å². The molecule has 0 bridgehead atoms. The molecule has 0 aromatic heterocycles. The Morgan fingerprint density at radius 2 is 1.85 bits per heavy atom. The summed E-state index contributed by atoms with van der Waals surface area (Å²) >= 11 is 0. The zero-order valence-corrected chi connectivity index (χ0v) is 11.9. The van der Waals surface area contributed by atoms with Crippen LogP contribution in [0.2, 0.25) is 0 Å². The van der Waals surface area contributed by atoms with E-state index >= 15 is 0 Å². The first-order chi connectivity index (χ1) is 9.69. The van der Waals surface area contributed by atoms with E-state index in [2.05, 4.69) is 10.2 Å². The minimum atomic E-state index is -0.203. The Morgan fingerprint density at radius 3 is 2.45 bits per heavy atom. The van der Waals surface area contributed by atoms with E-state index < -0.39 is 0 Å². The van der Waals surface area contributed by atoms with Gasteiger partial charge in [0.05, 0.1) is 0 Å². The molecule has 1 heterocycles. The molecule has 1 aromatic rings. The van der Waals surface area contributed by atoms with Gasteiger partial charge in [-0.2, -0.15) is 0 Å². The molecule has 2 amide bonds. The third kappa shape index (κ3) is 4.20. The molecule has 1 aromatic carbocycles. The number of nitrogens with one attached hydrogen (secondary N) is 1. The minimum Gasteiger partial charge on any atom is -0.338 e. The molecular formula is C15H22FN3O. The van der Waals surface area contributed by atoms with Crippen molar-refractivity contribution in [2.75, 3.05) is 32.7 Å². The Balaban J connectivity index is 1.76. The van der Waals surface area contributed by atoms with Gasteiger partial charge < -0.3 is 10.2 Å². The van der Waals surface area contributed by atoms with Gasteiger partial charge >= 0.3 is 6.03 Å². The molecule has 5 heteroatoms. The van der Waals surface area contributed by atoms with Gasteiger partial charge in [0.1, 0.15) is 5.82 Å². The average molecular weight is 279 g/mol. The summed E-state index contributed by atoms with van der Waals surface area (Å²) in [6, 6.07) is 6.65. The second kappa shape index (κ2) is 7.24. The van der Waals surface area contributed by atoms with Crippen LogP contribution in [0.25, 0.3) is 0 Å². The van der Waals surface area contributed by atoms with E-state index in [4.69, 9.17) is 0 Å². The number of urea groups is 1. The minimum absolute atomic E-state index is 0.0354. The SMILES string of the molecule is CCCNC(=O)N1CCN(Cc2ccc(F)cc2)CC1. The van der Waals surface area contributed by atoms with E-state index in [-0.39, 0.29) is 11.8 Å². The van der Waals surface area contributed by atoms with Gasteiger partial charge in [-0.1, -0.05) is 19.1 Å². The van der Waals surface area contributed by atoms with Crippen molar-refractivity contribution in [1.29, 1.82) is 0 Å². The van der Waals surface area contributed by atoms with E-state index in [9.17, 15) is 9.18 Å². The molecule has 2 rings (SSSR count). The molecule has 20 heavy (non-hydrogen) atoms. The first kappa shape index (κ1) is 14.8. The molecule has 0 radical (unpaired) electrons. The maximum Gasteiger partial charge on any atom is 0.317 e. The van der Waals surface area contributed by atoms with Gasteiger partial charge in [0.25, 0.3) is 0 Å². The molecule has 0 unspecified atom stereocenters. The molecule has 0 atom stereocenters. The summed E-state index contributed by atoms with van der Waals surface area (Å²) < 4.78 is 12.8. The summed E-state index contributed by atoms with van der Waals surface area (Å²) in [5, 5.41) is 2.90. The van der Waals surface area contributed by atoms with Crippen molar-refractivity contribution in [3.63, 3.8) is 0 Å². The average Bonchev–Trinajstić information content (AvgIpc) is 2.48. The molecule has 1 aliphatic heterocycles. The smallest absolute Gasteiger partial charge is 0.317 e. The summed E-state index contributed by atoms with van der Waals surface area (Å²) in [7, 11) is 0. The van der Waals surface area contributed by atoms with Crippen LogP contribution in [-0.4, -0.2) is 48.6 Å². The second-order valence-electron chi connectivity index (χ2n) is 5.12. The topological polar surface area (TPSA) is 35.6 Å². The number of hydrogen-bond acceptors (Lipinski definition) is 2. The lowest BCUT2D eigenvalue weighted by Crippen LogP contribution is -2.51. The van der Waals surface area contributed by atoms with Crippen LogP contribution < -0.4 is 5.32 Å². The lowest BCUT2D eigenvalue weighted by molar-refractivity contribution is 0.135. The molecule has 0 spiro atoms. The van der Waals surface area contributed by atoms with E-state index in [1.165, 1.54) is 12.1 Å². The Kier molecular flexibility index (Phi) is 5.35. The van der Waals surface area contributed by atoms with Gasteiger partial charge in [-0.25, -0.2) is 9.18 Å². The summed E-state index contributed by atoms with van der Waals surface area (Å²) in [5.74, 6) is -0.203. The zero-order chi connectivity index (χ0) is 14.4. The lowest BCUT2D eigenvalue weighted by Gasteiger charge is -2.34. The van der Waals surface area contributed by atoms with E-state index in [0.717, 1.165) is 51.3 Å². The molecule has 4 nitrogen and oxygen atoms in total. The summed E-state index contributed by atoms with van der Waals surface area (Å²) in [4.78, 5) is 16.0. The van der Waals surface area contributed by atoms with Crippen LogP contribution in [0.3, 0.4) is 0 Å². The van der Waals surface area contributed by atoms with Gasteiger partial charge in [0.15, 0.2) is 0 Å². The van der Waals surface area contributed by atoms with Crippen molar-refractivity contribution >= 4 is 6.03 Å². The molecule has 1 N–H and O–H groups in total. The number of halogens is 1. The zero-order valence-electron chi connectivity index (χ0n) is 11.9. The largest absolute Gasteiger partial charge is 0.338 e. The molecule has 1 fully saturated rings. The van der Waals surface area contributed by atoms with Crippen LogP contribution in [-0.2, 0) is 6.54 Å². The Morgan fingerprint density at radius 1 is 1.20 bits per heavy atom. The van der Waals surface area contributed by atoms with Crippen molar-refractivity contribution < 1.29 is 9.18 Å². The van der Waals surface area contributed by atoms with Crippen molar-refractivity contribution in [2.45, 2.75) is 19.9 Å². The first-order valence-electron chi connectivity index (χ1n) is 7.18. The Labute approximate surface area is 119 Å². The van der Waals surface area contributed by atoms with Gasteiger partial charge in [-0.3, -0.25) is 4.90 Å². The number of hydrogen-bond donors (Lipinski definition) is 1. The lowest BCUT2D eigenvalue weighted by atomic mass is 10.2. The summed E-state index contributed by atoms with van der Waals surface area (Å²) in [6.07, 6.45) is 0.955. The van der Waals surface area contributed by atoms with Gasteiger partial charge in [0.2, 0.25) is 0 Å². The number of carbonyl (C=O) groups is 1. The number of benzene rings is 1. The van der Waals surface area contributed by atoms with E-state index in [1.54, 1.807) is 0 Å². The standard InChI is InChI=1S/C15H22FN3O/c1-2-7-17-15(20)19-10-8-18(9-11-19)12-13-3-5-14(16)6-4-13/h3-6H,2,7-12H2,1H3,(H,17,20). The fraction of sp³-hybridized carbons (Fsp3) is 0.533. The van der Waals surface area contributed by atoms with Crippen molar-refractivity contribution in [3.05, 3.63) is 35.6 Å². The number of amides is 2. The second-order valence-corrected chi connectivity index (χ2v) is 5.12. The van der Waals surface area contributed by atoms with Gasteiger partial charge in [-0.05, 0) is 24.1 Å². The highest BCUT2D eigenvalue weighted by Gasteiger charge is 2.20. The normalized spacial score (nSPS) is 16.2. The van der Waals surface area contributed by atoms with Gasteiger partial charge in [-0.15, -0.1) is 0 Å². The van der Waals surface area contributed by atoms with Crippen LogP contribution in [0.5, 0.6) is 0 Å². The number of rotatable bonds is 4. The van der Waals surface area contributed by atoms with Crippen LogP contribution in [0, 0.1) is 5.82 Å². The number of nitrogens with zero attached hydrogens (tertiary/aromatic N) is 2. The third-order valence-corrected chi connectivity index (χ3v) is 3.51. The quantitative estimate of drug-likeness (QED) is 0.915. The summed E-state index contributed by atoms with van der Waals surface area (Å²) in [6.45, 7) is 6.79. The highest BCUT2D eigenvalue weighted by molar-refractivity contribution is 5.74. The number of piperazine rings is 1. The van der Waals surface area contributed by atoms with E-state index in [0.29, 0.717) is 0 Å². The maximum absolute atomic E-state index is 12.8. The van der Waals surface area contributed by atoms with Crippen molar-refractivity contribution in [3.8, 4) is 0 Å². The fourth-order valence-electron chi connectivity index (χ4n) is 2.30. The number of carbonyl (C=O) groups excluding carboxylic acids is 1. The molecular weight excluding hydrogens is 257 g/mol. The molecule has 110 valence electrons. The predicted octanol–water partition coefficient (Wildman–Crippen LogP) is 2.06. The highest BCUT2D eigenvalue weighted by Crippen LogP contribution is 2.09. The fourth-order valence-corrected chi connectivity index (χ4v) is 2.30. The Hall–Kier alpha value is -1.62. The molecule has 0 aliphatic carbocycles. The molecule has 0 saturated carbocycles. The molecule has 1 aliphatic rings. The Bertz CT molecular complexity index is 427. The molecule has 1 saturated heterocycles. The highest BCUT2D eigenvalue weighted by atomic mass is 19.1. The van der Waals surface area contributed by atoms with Crippen LogP contribution >= 0.6 is 0 Å². The first-order valence-corrected chi connectivity index (χ1v) is 7.18.